The zero-order valence-corrected chi connectivity index (χ0v) is 12.2. The van der Waals surface area contributed by atoms with Crippen molar-refractivity contribution in [3.63, 3.8) is 0 Å². The van der Waals surface area contributed by atoms with Gasteiger partial charge in [0.15, 0.2) is 5.78 Å². The van der Waals surface area contributed by atoms with E-state index < -0.39 is 5.56 Å². The van der Waals surface area contributed by atoms with Crippen molar-refractivity contribution in [3.05, 3.63) is 69.6 Å². The van der Waals surface area contributed by atoms with Gasteiger partial charge in [0, 0.05) is 5.69 Å². The maximum atomic E-state index is 12.0. The van der Waals surface area contributed by atoms with Crippen molar-refractivity contribution in [2.75, 3.05) is 13.2 Å². The fourth-order valence-electron chi connectivity index (χ4n) is 1.90. The fraction of sp³-hybridized carbons (Fsp3) is 0.176. The molecule has 2 N–H and O–H groups in total. The summed E-state index contributed by atoms with van der Waals surface area (Å²) in [6.45, 7) is 1.91. The summed E-state index contributed by atoms with van der Waals surface area (Å²) < 4.78 is 5.30. The Morgan fingerprint density at radius 2 is 2.14 bits per heavy atom. The Labute approximate surface area is 127 Å². The van der Waals surface area contributed by atoms with Gasteiger partial charge in [-0.05, 0) is 42.8 Å². The molecule has 0 radical (unpaired) electrons. The molecule has 0 aliphatic heterocycles. The molecule has 2 aromatic rings. The van der Waals surface area contributed by atoms with E-state index in [1.165, 1.54) is 12.1 Å². The predicted molar refractivity (Wildman–Crippen MR) is 84.2 cm³/mol. The van der Waals surface area contributed by atoms with Gasteiger partial charge in [-0.15, -0.1) is 0 Å². The average Bonchev–Trinajstić information content (AvgIpc) is 2.51. The number of hydrogen-bond donors (Lipinski definition) is 2. The Hall–Kier alpha value is -2.66. The molecule has 0 saturated heterocycles. The number of carbonyl (C=O) groups excluding carboxylic acids is 1. The lowest BCUT2D eigenvalue weighted by Gasteiger charge is -2.04. The van der Waals surface area contributed by atoms with Crippen molar-refractivity contribution < 1.29 is 14.6 Å². The summed E-state index contributed by atoms with van der Waals surface area (Å²) in [5.74, 6) is 0.250. The van der Waals surface area contributed by atoms with Crippen LogP contribution in [0.15, 0.2) is 47.3 Å². The second-order valence-corrected chi connectivity index (χ2v) is 4.73. The number of aliphatic hydroxyl groups is 1. The Morgan fingerprint density at radius 3 is 2.86 bits per heavy atom. The van der Waals surface area contributed by atoms with Crippen LogP contribution in [-0.2, 0) is 0 Å². The normalized spacial score (nSPS) is 10.8. The molecular formula is C17H17NO4. The minimum Gasteiger partial charge on any atom is -0.491 e. The number of allylic oxidation sites excluding steroid dienone is 1. The first-order chi connectivity index (χ1) is 10.6. The zero-order chi connectivity index (χ0) is 15.9. The van der Waals surface area contributed by atoms with Gasteiger partial charge in [-0.25, -0.2) is 0 Å². The molecule has 0 aliphatic carbocycles. The van der Waals surface area contributed by atoms with E-state index in [0.29, 0.717) is 11.4 Å². The van der Waals surface area contributed by atoms with Crippen LogP contribution >= 0.6 is 0 Å². The maximum absolute atomic E-state index is 12.0. The standard InChI is InChI=1S/C17H17NO4/c1-12-5-7-15(17(21)18-12)16(20)8-6-13-3-2-4-14(11-13)22-10-9-19/h2-8,11,19H,9-10H2,1H3,(H,18,21)/b8-6+. The van der Waals surface area contributed by atoms with Crippen LogP contribution in [0.4, 0.5) is 0 Å². The Kier molecular flexibility index (Phi) is 5.27. The lowest BCUT2D eigenvalue weighted by atomic mass is 10.1. The van der Waals surface area contributed by atoms with Crippen LogP contribution in [-0.4, -0.2) is 29.1 Å². The topological polar surface area (TPSA) is 79.4 Å². The van der Waals surface area contributed by atoms with E-state index >= 15 is 0 Å². The number of ether oxygens (including phenoxy) is 1. The summed E-state index contributed by atoms with van der Waals surface area (Å²) in [6.07, 6.45) is 2.97. The predicted octanol–water partition coefficient (Wildman–Crippen LogP) is 1.95. The number of carbonyl (C=O) groups is 1. The van der Waals surface area contributed by atoms with E-state index in [4.69, 9.17) is 9.84 Å². The summed E-state index contributed by atoms with van der Waals surface area (Å²) in [5, 5.41) is 8.73. The molecule has 0 amide bonds. The zero-order valence-electron chi connectivity index (χ0n) is 12.2. The van der Waals surface area contributed by atoms with E-state index in [-0.39, 0.29) is 24.6 Å². The molecular weight excluding hydrogens is 282 g/mol. The third-order valence-corrected chi connectivity index (χ3v) is 2.97. The van der Waals surface area contributed by atoms with Crippen LogP contribution in [0.3, 0.4) is 0 Å². The van der Waals surface area contributed by atoms with Crippen molar-refractivity contribution in [2.24, 2.45) is 0 Å². The Balaban J connectivity index is 2.14. The van der Waals surface area contributed by atoms with Crippen molar-refractivity contribution in [2.45, 2.75) is 6.92 Å². The summed E-state index contributed by atoms with van der Waals surface area (Å²) in [7, 11) is 0. The highest BCUT2D eigenvalue weighted by molar-refractivity contribution is 6.06. The van der Waals surface area contributed by atoms with Gasteiger partial charge in [-0.1, -0.05) is 18.2 Å². The van der Waals surface area contributed by atoms with Gasteiger partial charge < -0.3 is 14.8 Å². The van der Waals surface area contributed by atoms with Crippen LogP contribution in [0, 0.1) is 6.92 Å². The first-order valence-electron chi connectivity index (χ1n) is 6.86. The van der Waals surface area contributed by atoms with Crippen molar-refractivity contribution in [3.8, 4) is 5.75 Å². The molecule has 2 rings (SSSR count). The first-order valence-corrected chi connectivity index (χ1v) is 6.86. The number of nitrogens with one attached hydrogen (secondary N) is 1. The molecule has 0 aliphatic rings. The summed E-state index contributed by atoms with van der Waals surface area (Å²) >= 11 is 0. The Morgan fingerprint density at radius 1 is 1.32 bits per heavy atom. The van der Waals surface area contributed by atoms with Gasteiger partial charge in [-0.3, -0.25) is 9.59 Å². The summed E-state index contributed by atoms with van der Waals surface area (Å²) in [5.41, 5.74) is 1.19. The number of aromatic amines is 1. The van der Waals surface area contributed by atoms with Gasteiger partial charge in [-0.2, -0.15) is 0 Å². The Bertz CT molecular complexity index is 746. The number of hydrogen-bond acceptors (Lipinski definition) is 4. The quantitative estimate of drug-likeness (QED) is 0.631. The first kappa shape index (κ1) is 15.7. The molecule has 1 aromatic carbocycles. The monoisotopic (exact) mass is 299 g/mol. The minimum atomic E-state index is -0.394. The van der Waals surface area contributed by atoms with Gasteiger partial charge in [0.1, 0.15) is 12.4 Å². The number of pyridine rings is 1. The lowest BCUT2D eigenvalue weighted by Crippen LogP contribution is -2.16. The second-order valence-electron chi connectivity index (χ2n) is 4.73. The molecule has 1 aromatic heterocycles. The molecule has 0 saturated carbocycles. The number of ketones is 1. The van der Waals surface area contributed by atoms with E-state index in [2.05, 4.69) is 4.98 Å². The molecule has 5 heteroatoms. The van der Waals surface area contributed by atoms with Gasteiger partial charge in [0.05, 0.1) is 12.2 Å². The second kappa shape index (κ2) is 7.38. The molecule has 0 unspecified atom stereocenters. The lowest BCUT2D eigenvalue weighted by molar-refractivity contribution is 0.104. The molecule has 22 heavy (non-hydrogen) atoms. The van der Waals surface area contributed by atoms with Crippen LogP contribution in [0.2, 0.25) is 0 Å². The molecule has 5 nitrogen and oxygen atoms in total. The maximum Gasteiger partial charge on any atom is 0.259 e. The van der Waals surface area contributed by atoms with Gasteiger partial charge >= 0.3 is 0 Å². The van der Waals surface area contributed by atoms with E-state index in [1.54, 1.807) is 37.3 Å². The van der Waals surface area contributed by atoms with E-state index in [1.807, 2.05) is 6.07 Å². The highest BCUT2D eigenvalue weighted by Gasteiger charge is 2.06. The molecule has 0 atom stereocenters. The molecule has 0 spiro atoms. The third-order valence-electron chi connectivity index (χ3n) is 2.97. The van der Waals surface area contributed by atoms with Crippen LogP contribution in [0.25, 0.3) is 6.08 Å². The van der Waals surface area contributed by atoms with Crippen molar-refractivity contribution in [1.29, 1.82) is 0 Å². The van der Waals surface area contributed by atoms with Crippen LogP contribution < -0.4 is 10.3 Å². The SMILES string of the molecule is Cc1ccc(C(=O)/C=C/c2cccc(OCCO)c2)c(=O)[nH]1. The number of benzene rings is 1. The number of aliphatic hydroxyl groups excluding tert-OH is 1. The smallest absolute Gasteiger partial charge is 0.259 e. The minimum absolute atomic E-state index is 0.0608. The van der Waals surface area contributed by atoms with Crippen molar-refractivity contribution >= 4 is 11.9 Å². The van der Waals surface area contributed by atoms with E-state index in [9.17, 15) is 9.59 Å². The van der Waals surface area contributed by atoms with Gasteiger partial charge in [0.2, 0.25) is 0 Å². The molecule has 0 fully saturated rings. The summed E-state index contributed by atoms with van der Waals surface area (Å²) in [6, 6.07) is 10.3. The molecule has 1 heterocycles. The summed E-state index contributed by atoms with van der Waals surface area (Å²) in [4.78, 5) is 26.3. The third kappa shape index (κ3) is 4.17. The number of H-pyrrole nitrogens is 1. The number of aromatic nitrogens is 1. The average molecular weight is 299 g/mol. The van der Waals surface area contributed by atoms with Crippen LogP contribution in [0.5, 0.6) is 5.75 Å². The van der Waals surface area contributed by atoms with E-state index in [0.717, 1.165) is 5.56 Å². The highest BCUT2D eigenvalue weighted by atomic mass is 16.5. The molecule has 114 valence electrons. The van der Waals surface area contributed by atoms with Gasteiger partial charge in [0.25, 0.3) is 5.56 Å². The highest BCUT2D eigenvalue weighted by Crippen LogP contribution is 2.14. The van der Waals surface area contributed by atoms with Crippen molar-refractivity contribution in [1.82, 2.24) is 4.98 Å². The number of rotatable bonds is 6. The molecule has 0 bridgehead atoms. The fourth-order valence-corrected chi connectivity index (χ4v) is 1.90. The number of aryl methyl sites for hydroxylation is 1. The largest absolute Gasteiger partial charge is 0.491 e. The van der Waals surface area contributed by atoms with Crippen LogP contribution in [0.1, 0.15) is 21.6 Å².